The topological polar surface area (TPSA) is 77.6 Å². The van der Waals surface area contributed by atoms with Gasteiger partial charge in [-0.25, -0.2) is 19.9 Å². The molecule has 128 valence electrons. The van der Waals surface area contributed by atoms with Gasteiger partial charge in [-0.1, -0.05) is 30.3 Å². The maximum absolute atomic E-state index is 5.90. The first kappa shape index (κ1) is 17.1. The number of anilines is 1. The Bertz CT molecular complexity index is 1100. The van der Waals surface area contributed by atoms with Crippen molar-refractivity contribution in [1.82, 2.24) is 19.9 Å². The average molecular weight is 471 g/mol. The van der Waals surface area contributed by atoms with Gasteiger partial charge in [-0.15, -0.1) is 0 Å². The zero-order valence-electron chi connectivity index (χ0n) is 13.5. The van der Waals surface area contributed by atoms with Gasteiger partial charge >= 0.3 is 0 Å². The monoisotopic (exact) mass is 469 g/mol. The van der Waals surface area contributed by atoms with Gasteiger partial charge in [-0.3, -0.25) is 0 Å². The second-order valence-electron chi connectivity index (χ2n) is 5.75. The molecule has 3 aromatic heterocycles. The number of hydrogen-bond acceptors (Lipinski definition) is 5. The van der Waals surface area contributed by atoms with Crippen molar-refractivity contribution in [2.24, 2.45) is 0 Å². The Morgan fingerprint density at radius 2 is 1.73 bits per heavy atom. The number of hydrogen-bond donors (Lipinski definition) is 1. The van der Waals surface area contributed by atoms with E-state index in [1.165, 1.54) is 0 Å². The summed E-state index contributed by atoms with van der Waals surface area (Å²) < 4.78 is 1.61. The molecule has 0 spiro atoms. The Morgan fingerprint density at radius 1 is 0.923 bits per heavy atom. The molecule has 0 aliphatic rings. The van der Waals surface area contributed by atoms with Crippen molar-refractivity contribution in [3.05, 3.63) is 75.1 Å². The molecule has 3 heterocycles. The standard InChI is InChI=1S/C19H13Br2N5/c20-12-9-13(18(21)23-10-12)14-6-7-15-17(24-14)16(26-19(22)25-15)8-11-4-2-1-3-5-11/h1-7,9-10H,8H2,(H2,22,25,26). The lowest BCUT2D eigenvalue weighted by Crippen LogP contribution is -2.03. The second-order valence-corrected chi connectivity index (χ2v) is 7.41. The summed E-state index contributed by atoms with van der Waals surface area (Å²) in [6.45, 7) is 0. The van der Waals surface area contributed by atoms with E-state index in [0.717, 1.165) is 42.6 Å². The maximum atomic E-state index is 5.90. The molecule has 0 amide bonds. The van der Waals surface area contributed by atoms with E-state index in [0.29, 0.717) is 6.42 Å². The van der Waals surface area contributed by atoms with Crippen molar-refractivity contribution in [1.29, 1.82) is 0 Å². The number of benzene rings is 1. The molecule has 4 rings (SSSR count). The van der Waals surface area contributed by atoms with Gasteiger partial charge < -0.3 is 5.73 Å². The molecule has 0 aliphatic carbocycles. The number of pyridine rings is 2. The fourth-order valence-electron chi connectivity index (χ4n) is 2.76. The highest BCUT2D eigenvalue weighted by Gasteiger charge is 2.13. The Morgan fingerprint density at radius 3 is 2.54 bits per heavy atom. The van der Waals surface area contributed by atoms with E-state index in [-0.39, 0.29) is 5.95 Å². The van der Waals surface area contributed by atoms with Crippen molar-refractivity contribution in [2.75, 3.05) is 5.73 Å². The Kier molecular flexibility index (Phi) is 4.65. The number of nitrogens with zero attached hydrogens (tertiary/aromatic N) is 4. The van der Waals surface area contributed by atoms with Crippen LogP contribution in [0.1, 0.15) is 11.3 Å². The van der Waals surface area contributed by atoms with E-state index in [1.807, 2.05) is 36.4 Å². The van der Waals surface area contributed by atoms with Crippen LogP contribution in [0.2, 0.25) is 0 Å². The van der Waals surface area contributed by atoms with Crippen LogP contribution >= 0.6 is 31.9 Å². The van der Waals surface area contributed by atoms with Crippen LogP contribution in [0.3, 0.4) is 0 Å². The van der Waals surface area contributed by atoms with Crippen LogP contribution in [0.5, 0.6) is 0 Å². The number of aromatic nitrogens is 4. The van der Waals surface area contributed by atoms with Crippen LogP contribution in [0.25, 0.3) is 22.3 Å². The van der Waals surface area contributed by atoms with Crippen molar-refractivity contribution in [3.8, 4) is 11.3 Å². The largest absolute Gasteiger partial charge is 0.368 e. The number of rotatable bonds is 3. The molecule has 1 aromatic carbocycles. The van der Waals surface area contributed by atoms with Gasteiger partial charge in [-0.05, 0) is 55.6 Å². The average Bonchev–Trinajstić information content (AvgIpc) is 2.64. The molecule has 0 radical (unpaired) electrons. The number of halogens is 2. The third-order valence-electron chi connectivity index (χ3n) is 3.93. The zero-order chi connectivity index (χ0) is 18.1. The van der Waals surface area contributed by atoms with Gasteiger partial charge in [0.2, 0.25) is 5.95 Å². The molecule has 7 heteroatoms. The predicted molar refractivity (Wildman–Crippen MR) is 110 cm³/mol. The summed E-state index contributed by atoms with van der Waals surface area (Å²) in [5.41, 5.74) is 11.0. The quantitative estimate of drug-likeness (QED) is 0.435. The maximum Gasteiger partial charge on any atom is 0.220 e. The van der Waals surface area contributed by atoms with Crippen molar-refractivity contribution in [2.45, 2.75) is 6.42 Å². The summed E-state index contributed by atoms with van der Waals surface area (Å²) in [6, 6.07) is 15.9. The third-order valence-corrected chi connectivity index (χ3v) is 4.99. The van der Waals surface area contributed by atoms with Crippen LogP contribution in [-0.2, 0) is 6.42 Å². The lowest BCUT2D eigenvalue weighted by Gasteiger charge is -2.09. The minimum absolute atomic E-state index is 0.253. The van der Waals surface area contributed by atoms with Gasteiger partial charge in [0.1, 0.15) is 10.1 Å². The minimum Gasteiger partial charge on any atom is -0.368 e. The van der Waals surface area contributed by atoms with Crippen LogP contribution < -0.4 is 5.73 Å². The van der Waals surface area contributed by atoms with E-state index >= 15 is 0 Å². The molecular formula is C19H13Br2N5. The van der Waals surface area contributed by atoms with Gasteiger partial charge in [-0.2, -0.15) is 0 Å². The summed E-state index contributed by atoms with van der Waals surface area (Å²) >= 11 is 6.95. The summed E-state index contributed by atoms with van der Waals surface area (Å²) in [4.78, 5) is 17.9. The van der Waals surface area contributed by atoms with Crippen molar-refractivity contribution < 1.29 is 0 Å². The fourth-order valence-corrected chi connectivity index (χ4v) is 3.51. The molecule has 0 saturated carbocycles. The van der Waals surface area contributed by atoms with Crippen LogP contribution in [-0.4, -0.2) is 19.9 Å². The first-order chi connectivity index (χ1) is 12.6. The predicted octanol–water partition coefficient (Wildman–Crippen LogP) is 4.78. The molecule has 26 heavy (non-hydrogen) atoms. The number of nitrogens with two attached hydrogens (primary N) is 1. The lowest BCUT2D eigenvalue weighted by atomic mass is 10.1. The van der Waals surface area contributed by atoms with E-state index in [1.54, 1.807) is 6.20 Å². The van der Waals surface area contributed by atoms with Crippen LogP contribution in [0.15, 0.2) is 63.8 Å². The highest BCUT2D eigenvalue weighted by molar-refractivity contribution is 9.11. The normalized spacial score (nSPS) is 11.0. The van der Waals surface area contributed by atoms with Crippen molar-refractivity contribution in [3.63, 3.8) is 0 Å². The first-order valence-corrected chi connectivity index (χ1v) is 9.47. The highest BCUT2D eigenvalue weighted by atomic mass is 79.9. The number of fused-ring (bicyclic) bond motifs is 1. The fraction of sp³-hybridized carbons (Fsp3) is 0.0526. The summed E-state index contributed by atoms with van der Waals surface area (Å²) in [5.74, 6) is 0.253. The van der Waals surface area contributed by atoms with E-state index in [2.05, 4.69) is 58.9 Å². The van der Waals surface area contributed by atoms with E-state index in [4.69, 9.17) is 10.7 Å². The van der Waals surface area contributed by atoms with E-state index < -0.39 is 0 Å². The van der Waals surface area contributed by atoms with Crippen LogP contribution in [0.4, 0.5) is 5.95 Å². The molecule has 2 N–H and O–H groups in total. The summed E-state index contributed by atoms with van der Waals surface area (Å²) in [7, 11) is 0. The van der Waals surface area contributed by atoms with Gasteiger partial charge in [0.05, 0.1) is 16.9 Å². The molecular weight excluding hydrogens is 458 g/mol. The molecule has 5 nitrogen and oxygen atoms in total. The Hall–Kier alpha value is -2.38. The molecule has 0 bridgehead atoms. The number of nitrogen functional groups attached to an aromatic ring is 1. The SMILES string of the molecule is Nc1nc(Cc2ccccc2)c2nc(-c3cc(Br)cnc3Br)ccc2n1. The zero-order valence-corrected chi connectivity index (χ0v) is 16.7. The van der Waals surface area contributed by atoms with Crippen LogP contribution in [0, 0.1) is 0 Å². The molecule has 0 unspecified atom stereocenters. The van der Waals surface area contributed by atoms with E-state index in [9.17, 15) is 0 Å². The summed E-state index contributed by atoms with van der Waals surface area (Å²) in [5, 5.41) is 0. The summed E-state index contributed by atoms with van der Waals surface area (Å²) in [6.07, 6.45) is 2.37. The molecule has 0 aliphatic heterocycles. The molecule has 0 fully saturated rings. The minimum atomic E-state index is 0.253. The molecule has 0 atom stereocenters. The van der Waals surface area contributed by atoms with Gasteiger partial charge in [0.25, 0.3) is 0 Å². The Labute approximate surface area is 167 Å². The molecule has 4 aromatic rings. The smallest absolute Gasteiger partial charge is 0.220 e. The van der Waals surface area contributed by atoms with Gasteiger partial charge in [0.15, 0.2) is 0 Å². The first-order valence-electron chi connectivity index (χ1n) is 7.88. The highest BCUT2D eigenvalue weighted by Crippen LogP contribution is 2.29. The van der Waals surface area contributed by atoms with Crippen molar-refractivity contribution >= 4 is 48.8 Å². The Balaban J connectivity index is 1.88. The van der Waals surface area contributed by atoms with Gasteiger partial charge in [0, 0.05) is 22.7 Å². The lowest BCUT2D eigenvalue weighted by molar-refractivity contribution is 1.06. The third kappa shape index (κ3) is 3.45. The molecule has 0 saturated heterocycles. The second kappa shape index (κ2) is 7.09.